The van der Waals surface area contributed by atoms with E-state index in [1.807, 2.05) is 0 Å². The quantitative estimate of drug-likeness (QED) is 0.488. The highest BCUT2D eigenvalue weighted by Crippen LogP contribution is 2.66. The van der Waals surface area contributed by atoms with Crippen molar-refractivity contribution >= 4 is 17.8 Å². The average Bonchev–Trinajstić information content (AvgIpc) is 3.03. The summed E-state index contributed by atoms with van der Waals surface area (Å²) in [6.07, 6.45) is 6.05. The molecule has 4 rings (SSSR count). The first kappa shape index (κ1) is 17.5. The monoisotopic (exact) mass is 367 g/mol. The standard InChI is InChI=1S/C20H21N3O4/c1-20-11-5-4-7-15(20)18(20)19(24)22-21-12-13-9-10-17(27-13)14-6-2-3-8-16(14)23(25)26/h2-3,6,8-10,12,15,18H,4-5,7,11H2,1H3,(H,22,24)/b21-12-/t15-,18-,20-/m0/s1. The summed E-state index contributed by atoms with van der Waals surface area (Å²) in [7, 11) is 0. The van der Waals surface area contributed by atoms with Gasteiger partial charge < -0.3 is 4.42 Å². The van der Waals surface area contributed by atoms with E-state index in [2.05, 4.69) is 17.5 Å². The van der Waals surface area contributed by atoms with Crippen LogP contribution in [-0.4, -0.2) is 17.0 Å². The van der Waals surface area contributed by atoms with E-state index in [1.54, 1.807) is 30.3 Å². The van der Waals surface area contributed by atoms with Gasteiger partial charge in [0.15, 0.2) is 0 Å². The maximum Gasteiger partial charge on any atom is 0.280 e. The minimum Gasteiger partial charge on any atom is -0.455 e. The molecule has 2 aliphatic carbocycles. The van der Waals surface area contributed by atoms with Crippen molar-refractivity contribution < 1.29 is 14.1 Å². The lowest BCUT2D eigenvalue weighted by Gasteiger charge is -2.15. The molecule has 0 spiro atoms. The third-order valence-corrected chi connectivity index (χ3v) is 5.97. The molecule has 1 aromatic heterocycles. The van der Waals surface area contributed by atoms with Gasteiger partial charge in [0.25, 0.3) is 5.69 Å². The molecule has 140 valence electrons. The van der Waals surface area contributed by atoms with Gasteiger partial charge in [0.05, 0.1) is 16.7 Å². The maximum absolute atomic E-state index is 12.4. The van der Waals surface area contributed by atoms with Crippen molar-refractivity contribution in [1.29, 1.82) is 0 Å². The zero-order valence-electron chi connectivity index (χ0n) is 15.1. The highest BCUT2D eigenvalue weighted by molar-refractivity contribution is 5.85. The van der Waals surface area contributed by atoms with Gasteiger partial charge in [-0.2, -0.15) is 5.10 Å². The minimum atomic E-state index is -0.443. The molecule has 0 bridgehead atoms. The van der Waals surface area contributed by atoms with Crippen LogP contribution in [0.4, 0.5) is 5.69 Å². The first-order valence-electron chi connectivity index (χ1n) is 9.17. The Labute approximate surface area is 156 Å². The average molecular weight is 367 g/mol. The molecule has 2 saturated carbocycles. The summed E-state index contributed by atoms with van der Waals surface area (Å²) in [6.45, 7) is 2.19. The van der Waals surface area contributed by atoms with Crippen LogP contribution in [0, 0.1) is 27.4 Å². The molecule has 0 radical (unpaired) electrons. The number of carbonyl (C=O) groups excluding carboxylic acids is 1. The lowest BCUT2D eigenvalue weighted by atomic mass is 9.90. The topological polar surface area (TPSA) is 97.7 Å². The second-order valence-electron chi connectivity index (χ2n) is 7.55. The Morgan fingerprint density at radius 1 is 1.33 bits per heavy atom. The van der Waals surface area contributed by atoms with Crippen molar-refractivity contribution in [3.8, 4) is 11.3 Å². The van der Waals surface area contributed by atoms with Crippen molar-refractivity contribution in [1.82, 2.24) is 5.43 Å². The van der Waals surface area contributed by atoms with Crippen molar-refractivity contribution in [3.05, 3.63) is 52.3 Å². The minimum absolute atomic E-state index is 0.0202. The van der Waals surface area contributed by atoms with Gasteiger partial charge in [-0.1, -0.05) is 31.9 Å². The van der Waals surface area contributed by atoms with Gasteiger partial charge in [-0.15, -0.1) is 0 Å². The molecule has 0 unspecified atom stereocenters. The Morgan fingerprint density at radius 2 is 2.15 bits per heavy atom. The molecule has 0 saturated heterocycles. The van der Waals surface area contributed by atoms with Crippen molar-refractivity contribution in [3.63, 3.8) is 0 Å². The number of nitrogens with one attached hydrogen (secondary N) is 1. The van der Waals surface area contributed by atoms with E-state index < -0.39 is 4.92 Å². The van der Waals surface area contributed by atoms with Gasteiger partial charge in [0.1, 0.15) is 11.5 Å². The molecule has 1 aromatic carbocycles. The first-order valence-corrected chi connectivity index (χ1v) is 9.17. The van der Waals surface area contributed by atoms with E-state index in [1.165, 1.54) is 25.1 Å². The lowest BCUT2D eigenvalue weighted by Crippen LogP contribution is -2.22. The fourth-order valence-electron chi connectivity index (χ4n) is 4.49. The predicted octanol–water partition coefficient (Wildman–Crippen LogP) is 4.13. The zero-order chi connectivity index (χ0) is 19.0. The number of nitro groups is 1. The molecule has 2 fully saturated rings. The van der Waals surface area contributed by atoms with Crippen LogP contribution < -0.4 is 5.43 Å². The zero-order valence-corrected chi connectivity index (χ0v) is 15.1. The molecule has 1 N–H and O–H groups in total. The van der Waals surface area contributed by atoms with E-state index >= 15 is 0 Å². The fraction of sp³-hybridized carbons (Fsp3) is 0.400. The van der Waals surface area contributed by atoms with Crippen LogP contribution in [0.15, 0.2) is 45.9 Å². The number of nitrogens with zero attached hydrogens (tertiary/aromatic N) is 2. The number of nitro benzene ring substituents is 1. The number of rotatable bonds is 5. The van der Waals surface area contributed by atoms with E-state index in [-0.39, 0.29) is 22.9 Å². The van der Waals surface area contributed by atoms with Crippen LogP contribution in [0.3, 0.4) is 0 Å². The van der Waals surface area contributed by atoms with Gasteiger partial charge in [0.2, 0.25) is 5.91 Å². The van der Waals surface area contributed by atoms with E-state index in [9.17, 15) is 14.9 Å². The number of hydrogen-bond acceptors (Lipinski definition) is 5. The Bertz CT molecular complexity index is 919. The Kier molecular flexibility index (Phi) is 4.30. The Hall–Kier alpha value is -2.96. The van der Waals surface area contributed by atoms with Crippen molar-refractivity contribution in [2.75, 3.05) is 0 Å². The van der Waals surface area contributed by atoms with E-state index in [4.69, 9.17) is 4.42 Å². The molecule has 7 nitrogen and oxygen atoms in total. The van der Waals surface area contributed by atoms with Crippen LogP contribution in [0.1, 0.15) is 38.4 Å². The van der Waals surface area contributed by atoms with Gasteiger partial charge >= 0.3 is 0 Å². The van der Waals surface area contributed by atoms with E-state index in [0.717, 1.165) is 12.8 Å². The highest BCUT2D eigenvalue weighted by atomic mass is 16.6. The Morgan fingerprint density at radius 3 is 2.89 bits per heavy atom. The smallest absolute Gasteiger partial charge is 0.280 e. The fourth-order valence-corrected chi connectivity index (χ4v) is 4.49. The molecule has 1 heterocycles. The first-order chi connectivity index (χ1) is 13.0. The summed E-state index contributed by atoms with van der Waals surface area (Å²) in [5.74, 6) is 1.30. The summed E-state index contributed by atoms with van der Waals surface area (Å²) in [4.78, 5) is 23.1. The molecule has 3 atom stereocenters. The van der Waals surface area contributed by atoms with Gasteiger partial charge in [-0.3, -0.25) is 14.9 Å². The molecule has 1 amide bonds. The Balaban J connectivity index is 1.42. The molecular formula is C20H21N3O4. The second kappa shape index (κ2) is 6.64. The summed E-state index contributed by atoms with van der Waals surface area (Å²) in [5.41, 5.74) is 3.14. The number of amides is 1. The number of benzene rings is 1. The number of furan rings is 1. The van der Waals surface area contributed by atoms with E-state index in [0.29, 0.717) is 23.0 Å². The largest absolute Gasteiger partial charge is 0.455 e. The number of carbonyl (C=O) groups is 1. The van der Waals surface area contributed by atoms with Crippen LogP contribution in [0.5, 0.6) is 0 Å². The van der Waals surface area contributed by atoms with Gasteiger partial charge in [-0.05, 0) is 42.4 Å². The predicted molar refractivity (Wildman–Crippen MR) is 100 cm³/mol. The summed E-state index contributed by atoms with van der Waals surface area (Å²) < 4.78 is 5.63. The third kappa shape index (κ3) is 3.13. The number of hydrogen-bond donors (Lipinski definition) is 1. The summed E-state index contributed by atoms with van der Waals surface area (Å²) in [5, 5.41) is 15.1. The highest BCUT2D eigenvalue weighted by Gasteiger charge is 2.64. The number of fused-ring (bicyclic) bond motifs is 1. The van der Waals surface area contributed by atoms with Crippen LogP contribution in [0.2, 0.25) is 0 Å². The van der Waals surface area contributed by atoms with Crippen molar-refractivity contribution in [2.24, 2.45) is 22.4 Å². The molecule has 2 aliphatic rings. The van der Waals surface area contributed by atoms with Crippen molar-refractivity contribution in [2.45, 2.75) is 32.6 Å². The number of para-hydroxylation sites is 1. The lowest BCUT2D eigenvalue weighted by molar-refractivity contribution is -0.384. The van der Waals surface area contributed by atoms with Crippen LogP contribution in [0.25, 0.3) is 11.3 Å². The SMILES string of the molecule is C[C@]12CCCC[C@H]1[C@H]2C(=O)N/N=C\c1ccc(-c2ccccc2[N+](=O)[O-])o1. The second-order valence-corrected chi connectivity index (χ2v) is 7.55. The van der Waals surface area contributed by atoms with Crippen LogP contribution in [-0.2, 0) is 4.79 Å². The molecule has 2 aromatic rings. The van der Waals surface area contributed by atoms with Gasteiger partial charge in [-0.25, -0.2) is 5.43 Å². The normalized spacial score (nSPS) is 26.6. The maximum atomic E-state index is 12.4. The summed E-state index contributed by atoms with van der Waals surface area (Å²) >= 11 is 0. The molecule has 0 aliphatic heterocycles. The number of hydrazone groups is 1. The third-order valence-electron chi connectivity index (χ3n) is 5.97. The molecule has 27 heavy (non-hydrogen) atoms. The summed E-state index contributed by atoms with van der Waals surface area (Å²) in [6, 6.07) is 9.71. The molecular weight excluding hydrogens is 346 g/mol. The van der Waals surface area contributed by atoms with Gasteiger partial charge in [0, 0.05) is 12.0 Å². The molecule has 7 heteroatoms. The van der Waals surface area contributed by atoms with Crippen LogP contribution >= 0.6 is 0 Å².